The van der Waals surface area contributed by atoms with Gasteiger partial charge in [0.2, 0.25) is 0 Å². The molecule has 27 heavy (non-hydrogen) atoms. The fraction of sp³-hybridized carbons (Fsp3) is 0.238. The fourth-order valence-electron chi connectivity index (χ4n) is 2.95. The molecule has 0 saturated carbocycles. The Labute approximate surface area is 165 Å². The summed E-state index contributed by atoms with van der Waals surface area (Å²) in [6, 6.07) is 8.29. The highest BCUT2D eigenvalue weighted by Crippen LogP contribution is 2.40. The number of hydrogen-bond donors (Lipinski definition) is 4. The lowest BCUT2D eigenvalue weighted by atomic mass is 10.0. The average molecular weight is 387 g/mol. The first-order valence-corrected chi connectivity index (χ1v) is 9.05. The number of allylic oxidation sites excluding steroid dienone is 1. The van der Waals surface area contributed by atoms with E-state index in [1.165, 1.54) is 6.07 Å². The second kappa shape index (κ2) is 8.31. The van der Waals surface area contributed by atoms with Crippen molar-refractivity contribution >= 4 is 29.7 Å². The molecule has 0 aliphatic heterocycles. The summed E-state index contributed by atoms with van der Waals surface area (Å²) in [5.41, 5.74) is 3.33. The van der Waals surface area contributed by atoms with Gasteiger partial charge in [0.1, 0.15) is 17.2 Å². The molecule has 2 aromatic rings. The Bertz CT molecular complexity index is 891. The van der Waals surface area contributed by atoms with E-state index in [2.05, 4.69) is 19.2 Å². The van der Waals surface area contributed by atoms with Gasteiger partial charge in [0.05, 0.1) is 16.4 Å². The Hall–Kier alpha value is -2.73. The molecule has 0 atom stereocenters. The lowest BCUT2D eigenvalue weighted by Crippen LogP contribution is -2.19. The van der Waals surface area contributed by atoms with Gasteiger partial charge in [-0.1, -0.05) is 19.6 Å². The zero-order chi connectivity index (χ0) is 20.3. The van der Waals surface area contributed by atoms with Gasteiger partial charge in [-0.05, 0) is 43.2 Å². The minimum Gasteiger partial charge on any atom is -0.508 e. The number of hydrogen-bond acceptors (Lipinski definition) is 6. The first-order chi connectivity index (χ1) is 12.7. The summed E-state index contributed by atoms with van der Waals surface area (Å²) in [6.07, 6.45) is 2.47. The van der Waals surface area contributed by atoms with Gasteiger partial charge in [-0.25, -0.2) is 0 Å². The molecule has 2 aromatic carbocycles. The van der Waals surface area contributed by atoms with E-state index >= 15 is 0 Å². The van der Waals surface area contributed by atoms with Crippen molar-refractivity contribution in [3.63, 3.8) is 0 Å². The molecule has 0 heterocycles. The van der Waals surface area contributed by atoms with E-state index in [9.17, 15) is 15.3 Å². The van der Waals surface area contributed by atoms with E-state index < -0.39 is 0 Å². The number of aromatic hydroxyl groups is 3. The van der Waals surface area contributed by atoms with Crippen LogP contribution in [0.1, 0.15) is 25.0 Å². The first kappa shape index (κ1) is 20.6. The van der Waals surface area contributed by atoms with Crippen LogP contribution >= 0.6 is 12.6 Å². The molecule has 0 radical (unpaired) electrons. The Kier molecular flexibility index (Phi) is 6.33. The van der Waals surface area contributed by atoms with E-state index in [0.717, 1.165) is 11.3 Å². The van der Waals surface area contributed by atoms with Gasteiger partial charge in [0.15, 0.2) is 0 Å². The zero-order valence-corrected chi connectivity index (χ0v) is 17.0. The van der Waals surface area contributed by atoms with Crippen LogP contribution in [0.15, 0.2) is 48.0 Å². The molecule has 0 fully saturated rings. The standard InChI is InChI=1S/C21H26N2O3S/c1-6-14-10-16(21(26)12-20(14)25)17(7-2)23(13(3)27)15-8-9-19(24)18(11-15)22(4)5/h7-12,24-27H,3,6H2,1-2,4-5H3/b17-7-. The fourth-order valence-corrected chi connectivity index (χ4v) is 3.17. The summed E-state index contributed by atoms with van der Waals surface area (Å²) < 4.78 is 0. The maximum Gasteiger partial charge on any atom is 0.139 e. The molecular weight excluding hydrogens is 360 g/mol. The molecule has 6 heteroatoms. The Morgan fingerprint density at radius 1 is 1.07 bits per heavy atom. The summed E-state index contributed by atoms with van der Waals surface area (Å²) >= 11 is 4.45. The van der Waals surface area contributed by atoms with Crippen LogP contribution in [0, 0.1) is 0 Å². The van der Waals surface area contributed by atoms with E-state index in [0.29, 0.717) is 28.4 Å². The van der Waals surface area contributed by atoms with Crippen molar-refractivity contribution in [1.29, 1.82) is 0 Å². The van der Waals surface area contributed by atoms with Crippen LogP contribution in [0.5, 0.6) is 17.2 Å². The Morgan fingerprint density at radius 2 is 1.74 bits per heavy atom. The van der Waals surface area contributed by atoms with Crippen LogP contribution in [-0.2, 0) is 6.42 Å². The lowest BCUT2D eigenvalue weighted by Gasteiger charge is -2.29. The summed E-state index contributed by atoms with van der Waals surface area (Å²) in [5, 5.41) is 31.0. The van der Waals surface area contributed by atoms with Gasteiger partial charge in [0, 0.05) is 31.4 Å². The average Bonchev–Trinajstić information content (AvgIpc) is 2.60. The summed E-state index contributed by atoms with van der Waals surface area (Å²) in [7, 11) is 3.68. The third kappa shape index (κ3) is 4.17. The van der Waals surface area contributed by atoms with E-state index in [-0.39, 0.29) is 17.2 Å². The van der Waals surface area contributed by atoms with Gasteiger partial charge < -0.3 is 25.1 Å². The predicted octanol–water partition coefficient (Wildman–Crippen LogP) is 4.70. The van der Waals surface area contributed by atoms with Crippen LogP contribution in [0.25, 0.3) is 5.70 Å². The quantitative estimate of drug-likeness (QED) is 0.542. The van der Waals surface area contributed by atoms with Gasteiger partial charge in [0.25, 0.3) is 0 Å². The molecule has 0 aliphatic carbocycles. The van der Waals surface area contributed by atoms with Crippen molar-refractivity contribution in [2.45, 2.75) is 20.3 Å². The van der Waals surface area contributed by atoms with Crippen molar-refractivity contribution in [2.75, 3.05) is 23.9 Å². The van der Waals surface area contributed by atoms with Gasteiger partial charge in [-0.2, -0.15) is 0 Å². The molecule has 5 nitrogen and oxygen atoms in total. The van der Waals surface area contributed by atoms with E-state index in [1.54, 1.807) is 28.0 Å². The second-order valence-electron chi connectivity index (χ2n) is 6.34. The number of rotatable bonds is 6. The molecule has 0 bridgehead atoms. The van der Waals surface area contributed by atoms with Crippen molar-refractivity contribution in [2.24, 2.45) is 0 Å². The summed E-state index contributed by atoms with van der Waals surface area (Å²) in [4.78, 5) is 3.59. The van der Waals surface area contributed by atoms with E-state index in [1.807, 2.05) is 40.1 Å². The SMILES string of the molecule is C=C(S)N(/C(=C\C)c1cc(CC)c(O)cc1O)c1ccc(O)c(N(C)C)c1. The van der Waals surface area contributed by atoms with Crippen LogP contribution in [0.4, 0.5) is 11.4 Å². The molecule has 0 aromatic heterocycles. The minimum absolute atomic E-state index is 0.0380. The van der Waals surface area contributed by atoms with Crippen molar-refractivity contribution in [3.8, 4) is 17.2 Å². The van der Waals surface area contributed by atoms with Crippen molar-refractivity contribution in [1.82, 2.24) is 0 Å². The number of benzene rings is 2. The third-order valence-corrected chi connectivity index (χ3v) is 4.53. The molecular formula is C21H26N2O3S. The highest BCUT2D eigenvalue weighted by molar-refractivity contribution is 7.84. The van der Waals surface area contributed by atoms with Crippen LogP contribution in [0.2, 0.25) is 0 Å². The van der Waals surface area contributed by atoms with Crippen LogP contribution in [0.3, 0.4) is 0 Å². The molecule has 3 N–H and O–H groups in total. The number of anilines is 2. The molecule has 0 amide bonds. The Balaban J connectivity index is 2.66. The normalized spacial score (nSPS) is 11.4. The number of nitrogens with zero attached hydrogens (tertiary/aromatic N) is 2. The minimum atomic E-state index is -0.0380. The van der Waals surface area contributed by atoms with Gasteiger partial charge in [-0.15, -0.1) is 12.6 Å². The molecule has 0 spiro atoms. The highest BCUT2D eigenvalue weighted by atomic mass is 32.1. The van der Waals surface area contributed by atoms with Crippen LogP contribution < -0.4 is 9.80 Å². The zero-order valence-electron chi connectivity index (χ0n) is 16.1. The lowest BCUT2D eigenvalue weighted by molar-refractivity contribution is 0.445. The summed E-state index contributed by atoms with van der Waals surface area (Å²) in [6.45, 7) is 7.74. The first-order valence-electron chi connectivity index (χ1n) is 8.61. The maximum absolute atomic E-state index is 10.4. The number of phenolic OH excluding ortho intramolecular Hbond substituents is 3. The van der Waals surface area contributed by atoms with Crippen LogP contribution in [-0.4, -0.2) is 29.4 Å². The number of phenols is 3. The summed E-state index contributed by atoms with van der Waals surface area (Å²) in [5.74, 6) is 0.185. The number of aryl methyl sites for hydroxylation is 1. The monoisotopic (exact) mass is 386 g/mol. The molecule has 0 saturated heterocycles. The highest BCUT2D eigenvalue weighted by Gasteiger charge is 2.20. The predicted molar refractivity (Wildman–Crippen MR) is 116 cm³/mol. The maximum atomic E-state index is 10.4. The third-order valence-electron chi connectivity index (χ3n) is 4.33. The molecule has 0 aliphatic rings. The van der Waals surface area contributed by atoms with Crippen molar-refractivity contribution in [3.05, 3.63) is 59.1 Å². The largest absolute Gasteiger partial charge is 0.508 e. The van der Waals surface area contributed by atoms with Gasteiger partial charge >= 0.3 is 0 Å². The molecule has 144 valence electrons. The van der Waals surface area contributed by atoms with Gasteiger partial charge in [-0.3, -0.25) is 0 Å². The van der Waals surface area contributed by atoms with Crippen molar-refractivity contribution < 1.29 is 15.3 Å². The molecule has 0 unspecified atom stereocenters. The topological polar surface area (TPSA) is 67.2 Å². The second-order valence-corrected chi connectivity index (χ2v) is 6.86. The molecule has 2 rings (SSSR count). The number of thiol groups is 1. The Morgan fingerprint density at radius 3 is 2.26 bits per heavy atom. The van der Waals surface area contributed by atoms with E-state index in [4.69, 9.17) is 0 Å². The smallest absolute Gasteiger partial charge is 0.139 e.